The van der Waals surface area contributed by atoms with E-state index in [0.717, 1.165) is 60.2 Å². The summed E-state index contributed by atoms with van der Waals surface area (Å²) in [5.41, 5.74) is 2.55. The summed E-state index contributed by atoms with van der Waals surface area (Å²) in [5, 5.41) is 6.81. The Hall–Kier alpha value is -2.73. The molecule has 2 aromatic heterocycles. The third kappa shape index (κ3) is 3.64. The van der Waals surface area contributed by atoms with Crippen molar-refractivity contribution in [1.29, 1.82) is 0 Å². The molecule has 5 nitrogen and oxygen atoms in total. The molecule has 5 rings (SSSR count). The van der Waals surface area contributed by atoms with Gasteiger partial charge in [-0.2, -0.15) is 0 Å². The largest absolute Gasteiger partial charge is 0.440 e. The SMILES string of the molecule is Fc1ccc(-c2nc(C3CCNCC3)oc2-c2ccnc(NC3CC3)c2)cc1. The molecule has 0 spiro atoms. The van der Waals surface area contributed by atoms with Gasteiger partial charge in [-0.15, -0.1) is 0 Å². The van der Waals surface area contributed by atoms with Gasteiger partial charge in [0.15, 0.2) is 11.7 Å². The molecule has 1 aliphatic heterocycles. The second-order valence-electron chi connectivity index (χ2n) is 7.61. The number of piperidine rings is 1. The predicted molar refractivity (Wildman–Crippen MR) is 107 cm³/mol. The molecule has 0 radical (unpaired) electrons. The molecule has 2 aliphatic rings. The van der Waals surface area contributed by atoms with Crippen LogP contribution in [0.2, 0.25) is 0 Å². The first-order valence-corrected chi connectivity index (χ1v) is 9.96. The van der Waals surface area contributed by atoms with Gasteiger partial charge in [0.1, 0.15) is 17.3 Å². The quantitative estimate of drug-likeness (QED) is 0.680. The molecule has 144 valence electrons. The maximum Gasteiger partial charge on any atom is 0.198 e. The summed E-state index contributed by atoms with van der Waals surface area (Å²) in [5.74, 6) is 2.39. The first kappa shape index (κ1) is 17.4. The summed E-state index contributed by atoms with van der Waals surface area (Å²) in [7, 11) is 0. The topological polar surface area (TPSA) is 63.0 Å². The van der Waals surface area contributed by atoms with Gasteiger partial charge in [0, 0.05) is 29.3 Å². The first-order valence-electron chi connectivity index (χ1n) is 9.96. The zero-order valence-electron chi connectivity index (χ0n) is 15.6. The molecule has 1 aliphatic carbocycles. The van der Waals surface area contributed by atoms with Crippen molar-refractivity contribution >= 4 is 5.82 Å². The molecule has 0 bridgehead atoms. The van der Waals surface area contributed by atoms with Crippen molar-refractivity contribution in [2.45, 2.75) is 37.6 Å². The molecule has 2 N–H and O–H groups in total. The van der Waals surface area contributed by atoms with E-state index in [1.165, 1.54) is 25.0 Å². The van der Waals surface area contributed by atoms with Crippen LogP contribution in [0.5, 0.6) is 0 Å². The Labute approximate surface area is 163 Å². The van der Waals surface area contributed by atoms with Gasteiger partial charge in [0.05, 0.1) is 0 Å². The van der Waals surface area contributed by atoms with E-state index < -0.39 is 0 Å². The lowest BCUT2D eigenvalue weighted by Crippen LogP contribution is -2.26. The molecule has 1 saturated carbocycles. The molecule has 2 fully saturated rings. The minimum Gasteiger partial charge on any atom is -0.440 e. The minimum atomic E-state index is -0.257. The van der Waals surface area contributed by atoms with E-state index in [2.05, 4.69) is 15.6 Å². The summed E-state index contributed by atoms with van der Waals surface area (Å²) >= 11 is 0. The average Bonchev–Trinajstić information content (AvgIpc) is 3.43. The van der Waals surface area contributed by atoms with Crippen LogP contribution in [0.15, 0.2) is 47.0 Å². The first-order chi connectivity index (χ1) is 13.8. The smallest absolute Gasteiger partial charge is 0.198 e. The highest BCUT2D eigenvalue weighted by atomic mass is 19.1. The fourth-order valence-corrected chi connectivity index (χ4v) is 3.67. The molecule has 0 atom stereocenters. The summed E-state index contributed by atoms with van der Waals surface area (Å²) < 4.78 is 19.7. The van der Waals surface area contributed by atoms with Crippen molar-refractivity contribution in [3.63, 3.8) is 0 Å². The number of rotatable bonds is 5. The van der Waals surface area contributed by atoms with Crippen molar-refractivity contribution in [2.24, 2.45) is 0 Å². The maximum absolute atomic E-state index is 13.4. The van der Waals surface area contributed by atoms with Crippen LogP contribution in [0.25, 0.3) is 22.6 Å². The van der Waals surface area contributed by atoms with Gasteiger partial charge < -0.3 is 15.1 Å². The predicted octanol–water partition coefficient (Wildman–Crippen LogP) is 4.58. The van der Waals surface area contributed by atoms with Crippen LogP contribution in [0.4, 0.5) is 10.2 Å². The molecule has 6 heteroatoms. The van der Waals surface area contributed by atoms with Crippen LogP contribution >= 0.6 is 0 Å². The molecule has 3 heterocycles. The molecular formula is C22H23FN4O. The fourth-order valence-electron chi connectivity index (χ4n) is 3.67. The Morgan fingerprint density at radius 1 is 1.00 bits per heavy atom. The molecule has 28 heavy (non-hydrogen) atoms. The fraction of sp³-hybridized carbons (Fsp3) is 0.364. The van der Waals surface area contributed by atoms with Crippen LogP contribution in [0.1, 0.15) is 37.5 Å². The van der Waals surface area contributed by atoms with E-state index in [1.807, 2.05) is 12.1 Å². The van der Waals surface area contributed by atoms with Gasteiger partial charge >= 0.3 is 0 Å². The zero-order valence-corrected chi connectivity index (χ0v) is 15.6. The van der Waals surface area contributed by atoms with E-state index in [0.29, 0.717) is 12.0 Å². The summed E-state index contributed by atoms with van der Waals surface area (Å²) in [4.78, 5) is 9.28. The van der Waals surface area contributed by atoms with Crippen molar-refractivity contribution in [3.05, 3.63) is 54.3 Å². The van der Waals surface area contributed by atoms with Gasteiger partial charge in [-0.1, -0.05) is 0 Å². The highest BCUT2D eigenvalue weighted by molar-refractivity contribution is 5.78. The van der Waals surface area contributed by atoms with Gasteiger partial charge in [0.25, 0.3) is 0 Å². The number of oxazole rings is 1. The van der Waals surface area contributed by atoms with Crippen LogP contribution < -0.4 is 10.6 Å². The van der Waals surface area contributed by atoms with E-state index in [-0.39, 0.29) is 5.82 Å². The van der Waals surface area contributed by atoms with Crippen molar-refractivity contribution < 1.29 is 8.81 Å². The Kier molecular flexibility index (Phi) is 4.56. The number of nitrogens with one attached hydrogen (secondary N) is 2. The lowest BCUT2D eigenvalue weighted by molar-refractivity contribution is 0.378. The number of aromatic nitrogens is 2. The van der Waals surface area contributed by atoms with Crippen LogP contribution in [-0.2, 0) is 0 Å². The third-order valence-electron chi connectivity index (χ3n) is 5.40. The monoisotopic (exact) mass is 378 g/mol. The molecule has 0 amide bonds. The zero-order chi connectivity index (χ0) is 18.9. The number of halogens is 1. The van der Waals surface area contributed by atoms with Crippen LogP contribution in [0.3, 0.4) is 0 Å². The van der Waals surface area contributed by atoms with Gasteiger partial charge in [-0.3, -0.25) is 0 Å². The van der Waals surface area contributed by atoms with Crippen LogP contribution in [-0.4, -0.2) is 29.1 Å². The standard InChI is InChI=1S/C22H23FN4O/c23-17-3-1-14(2-4-17)20-21(28-22(27-20)15-7-10-24-11-8-15)16-9-12-25-19(13-16)26-18-5-6-18/h1-4,9,12-13,15,18,24H,5-8,10-11H2,(H,25,26). The molecule has 3 aromatic rings. The van der Waals surface area contributed by atoms with Gasteiger partial charge in [0.2, 0.25) is 0 Å². The Balaban J connectivity index is 1.56. The summed E-state index contributed by atoms with van der Waals surface area (Å²) in [6, 6.07) is 10.9. The van der Waals surface area contributed by atoms with Crippen molar-refractivity contribution in [1.82, 2.24) is 15.3 Å². The number of hydrogen-bond donors (Lipinski definition) is 2. The highest BCUT2D eigenvalue weighted by Gasteiger charge is 2.25. The van der Waals surface area contributed by atoms with Crippen molar-refractivity contribution in [3.8, 4) is 22.6 Å². The number of benzene rings is 1. The lowest BCUT2D eigenvalue weighted by Gasteiger charge is -2.19. The Morgan fingerprint density at radius 2 is 1.79 bits per heavy atom. The molecule has 1 aromatic carbocycles. The normalized spacial score (nSPS) is 17.6. The molecule has 0 unspecified atom stereocenters. The Bertz CT molecular complexity index is 959. The number of pyridine rings is 1. The van der Waals surface area contributed by atoms with E-state index >= 15 is 0 Å². The van der Waals surface area contributed by atoms with E-state index in [4.69, 9.17) is 9.40 Å². The van der Waals surface area contributed by atoms with Crippen LogP contribution in [0, 0.1) is 5.82 Å². The minimum absolute atomic E-state index is 0.257. The maximum atomic E-state index is 13.4. The van der Waals surface area contributed by atoms with Gasteiger partial charge in [-0.05, 0) is 75.2 Å². The second-order valence-corrected chi connectivity index (χ2v) is 7.61. The molecule has 1 saturated heterocycles. The number of anilines is 1. The lowest BCUT2D eigenvalue weighted by atomic mass is 9.98. The Morgan fingerprint density at radius 3 is 2.54 bits per heavy atom. The third-order valence-corrected chi connectivity index (χ3v) is 5.40. The van der Waals surface area contributed by atoms with Gasteiger partial charge in [-0.25, -0.2) is 14.4 Å². The van der Waals surface area contributed by atoms with Crippen molar-refractivity contribution in [2.75, 3.05) is 18.4 Å². The van der Waals surface area contributed by atoms with E-state index in [1.54, 1.807) is 18.3 Å². The number of nitrogens with zero attached hydrogens (tertiary/aromatic N) is 2. The van der Waals surface area contributed by atoms with E-state index in [9.17, 15) is 4.39 Å². The highest BCUT2D eigenvalue weighted by Crippen LogP contribution is 2.37. The summed E-state index contributed by atoms with van der Waals surface area (Å²) in [6.07, 6.45) is 6.19. The number of hydrogen-bond acceptors (Lipinski definition) is 5. The average molecular weight is 378 g/mol. The summed E-state index contributed by atoms with van der Waals surface area (Å²) in [6.45, 7) is 1.94. The molecular weight excluding hydrogens is 355 g/mol. The second kappa shape index (κ2) is 7.36.